The molecule has 1 atom stereocenters. The first-order valence-electron chi connectivity index (χ1n) is 8.59. The Labute approximate surface area is 158 Å². The summed E-state index contributed by atoms with van der Waals surface area (Å²) < 4.78 is 5.06. The van der Waals surface area contributed by atoms with E-state index in [2.05, 4.69) is 5.32 Å². The van der Waals surface area contributed by atoms with Crippen LogP contribution in [-0.2, 0) is 16.1 Å². The van der Waals surface area contributed by atoms with Gasteiger partial charge >= 0.3 is 5.97 Å². The Balaban J connectivity index is 2.06. The molecule has 7 nitrogen and oxygen atoms in total. The summed E-state index contributed by atoms with van der Waals surface area (Å²) in [5.41, 5.74) is 1.47. The number of benzene rings is 2. The summed E-state index contributed by atoms with van der Waals surface area (Å²) >= 11 is 0. The van der Waals surface area contributed by atoms with Crippen molar-refractivity contribution in [1.29, 1.82) is 0 Å². The quantitative estimate of drug-likeness (QED) is 0.590. The van der Waals surface area contributed by atoms with Crippen molar-refractivity contribution in [2.75, 3.05) is 25.6 Å². The lowest BCUT2D eigenvalue weighted by Crippen LogP contribution is -2.44. The predicted octanol–water partition coefficient (Wildman–Crippen LogP) is 1.97. The van der Waals surface area contributed by atoms with Gasteiger partial charge in [-0.1, -0.05) is 30.3 Å². The second kappa shape index (κ2) is 10.3. The van der Waals surface area contributed by atoms with E-state index in [1.165, 1.54) is 0 Å². The number of hydrogen-bond acceptors (Lipinski definition) is 5. The smallest absolute Gasteiger partial charge is 0.321 e. The minimum Gasteiger partial charge on any atom is -0.497 e. The van der Waals surface area contributed by atoms with E-state index in [-0.39, 0.29) is 19.6 Å². The summed E-state index contributed by atoms with van der Waals surface area (Å²) in [6, 6.07) is 15.1. The van der Waals surface area contributed by atoms with Crippen LogP contribution in [0.25, 0.3) is 0 Å². The average molecular weight is 372 g/mol. The fourth-order valence-corrected chi connectivity index (χ4v) is 2.73. The third-order valence-corrected chi connectivity index (χ3v) is 4.09. The molecule has 0 unspecified atom stereocenters. The number of amides is 1. The highest BCUT2D eigenvalue weighted by molar-refractivity contribution is 5.94. The Hall–Kier alpha value is -2.90. The van der Waals surface area contributed by atoms with E-state index in [9.17, 15) is 19.8 Å². The summed E-state index contributed by atoms with van der Waals surface area (Å²) in [5, 5.41) is 21.6. The van der Waals surface area contributed by atoms with Crippen molar-refractivity contribution in [3.8, 4) is 5.75 Å². The molecule has 144 valence electrons. The van der Waals surface area contributed by atoms with Crippen LogP contribution >= 0.6 is 0 Å². The number of hydrogen-bond donors (Lipinski definition) is 3. The van der Waals surface area contributed by atoms with Crippen molar-refractivity contribution >= 4 is 17.6 Å². The number of methoxy groups -OCH3 is 1. The molecule has 0 saturated heterocycles. The zero-order chi connectivity index (χ0) is 19.6. The van der Waals surface area contributed by atoms with Gasteiger partial charge in [0.25, 0.3) is 0 Å². The maximum atomic E-state index is 12.3. The fourth-order valence-electron chi connectivity index (χ4n) is 2.73. The minimum absolute atomic E-state index is 0.154. The highest BCUT2D eigenvalue weighted by Gasteiger charge is 2.28. The first-order valence-corrected chi connectivity index (χ1v) is 8.59. The Bertz CT molecular complexity index is 734. The van der Waals surface area contributed by atoms with E-state index in [1.807, 2.05) is 30.3 Å². The van der Waals surface area contributed by atoms with Crippen LogP contribution in [-0.4, -0.2) is 53.3 Å². The normalized spacial score (nSPS) is 11.8. The first-order chi connectivity index (χ1) is 13.0. The van der Waals surface area contributed by atoms with Crippen LogP contribution in [0.4, 0.5) is 5.69 Å². The number of anilines is 1. The van der Waals surface area contributed by atoms with Crippen LogP contribution in [0.15, 0.2) is 54.6 Å². The van der Waals surface area contributed by atoms with Crippen LogP contribution in [0, 0.1) is 0 Å². The number of aliphatic carboxylic acids is 1. The number of carboxylic acid groups (broad SMARTS) is 1. The Morgan fingerprint density at radius 3 is 2.33 bits per heavy atom. The van der Waals surface area contributed by atoms with Crippen LogP contribution in [0.5, 0.6) is 5.75 Å². The van der Waals surface area contributed by atoms with Gasteiger partial charge in [-0.15, -0.1) is 0 Å². The Morgan fingerprint density at radius 1 is 1.11 bits per heavy atom. The van der Waals surface area contributed by atoms with E-state index in [1.54, 1.807) is 36.3 Å². The second-order valence-electron chi connectivity index (χ2n) is 6.01. The van der Waals surface area contributed by atoms with Gasteiger partial charge in [-0.05, 0) is 29.8 Å². The van der Waals surface area contributed by atoms with Gasteiger partial charge in [0.2, 0.25) is 5.91 Å². The summed E-state index contributed by atoms with van der Waals surface area (Å²) in [7, 11) is 1.55. The van der Waals surface area contributed by atoms with E-state index in [0.29, 0.717) is 18.0 Å². The number of carbonyl (C=O) groups excluding carboxylic acids is 1. The van der Waals surface area contributed by atoms with Gasteiger partial charge in [0.1, 0.15) is 11.8 Å². The Morgan fingerprint density at radius 2 is 1.78 bits per heavy atom. The lowest BCUT2D eigenvalue weighted by atomic mass is 10.1. The number of rotatable bonds is 10. The van der Waals surface area contributed by atoms with Crippen molar-refractivity contribution in [3.63, 3.8) is 0 Å². The molecule has 0 fully saturated rings. The lowest BCUT2D eigenvalue weighted by Gasteiger charge is -2.28. The summed E-state index contributed by atoms with van der Waals surface area (Å²) in [6.07, 6.45) is -0.228. The van der Waals surface area contributed by atoms with Crippen molar-refractivity contribution in [3.05, 3.63) is 60.2 Å². The standard InChI is InChI=1S/C20H24N2O5/c1-27-17-9-7-16(8-10-17)21-19(24)13-18(20(25)26)22(11-12-23)14-15-5-3-2-4-6-15/h2-10,18,23H,11-14H2,1H3,(H,21,24)(H,25,26)/t18-/m0/s1. The number of nitrogens with zero attached hydrogens (tertiary/aromatic N) is 1. The van der Waals surface area contributed by atoms with Gasteiger partial charge in [-0.25, -0.2) is 0 Å². The molecule has 3 N–H and O–H groups in total. The molecule has 0 aliphatic carbocycles. The molecule has 0 heterocycles. The topological polar surface area (TPSA) is 99.1 Å². The molecule has 0 radical (unpaired) electrons. The summed E-state index contributed by atoms with van der Waals surface area (Å²) in [6.45, 7) is 0.284. The van der Waals surface area contributed by atoms with Gasteiger partial charge < -0.3 is 20.3 Å². The minimum atomic E-state index is -1.11. The summed E-state index contributed by atoms with van der Waals surface area (Å²) in [5.74, 6) is -0.860. The van der Waals surface area contributed by atoms with E-state index < -0.39 is 17.9 Å². The van der Waals surface area contributed by atoms with Crippen LogP contribution in [0.2, 0.25) is 0 Å². The molecule has 1 amide bonds. The molecule has 2 aromatic carbocycles. The number of ether oxygens (including phenoxy) is 1. The maximum Gasteiger partial charge on any atom is 0.321 e. The maximum absolute atomic E-state index is 12.3. The number of aliphatic hydroxyl groups excluding tert-OH is 1. The second-order valence-corrected chi connectivity index (χ2v) is 6.01. The molecule has 7 heteroatoms. The molecule has 0 spiro atoms. The van der Waals surface area contributed by atoms with Crippen molar-refractivity contribution < 1.29 is 24.5 Å². The highest BCUT2D eigenvalue weighted by atomic mass is 16.5. The molecule has 2 aromatic rings. The first kappa shape index (κ1) is 20.4. The zero-order valence-corrected chi connectivity index (χ0v) is 15.2. The van der Waals surface area contributed by atoms with Gasteiger partial charge in [-0.3, -0.25) is 14.5 Å². The SMILES string of the molecule is COc1ccc(NC(=O)C[C@@H](C(=O)O)N(CCO)Cc2ccccc2)cc1. The molecule has 0 bridgehead atoms. The fraction of sp³-hybridized carbons (Fsp3) is 0.300. The Kier molecular flexibility index (Phi) is 7.79. The average Bonchev–Trinajstić information content (AvgIpc) is 2.67. The monoisotopic (exact) mass is 372 g/mol. The van der Waals surface area contributed by atoms with Gasteiger partial charge in [0.05, 0.1) is 20.1 Å². The molecule has 0 aromatic heterocycles. The van der Waals surface area contributed by atoms with E-state index in [0.717, 1.165) is 5.56 Å². The van der Waals surface area contributed by atoms with E-state index >= 15 is 0 Å². The van der Waals surface area contributed by atoms with Crippen LogP contribution < -0.4 is 10.1 Å². The van der Waals surface area contributed by atoms with Crippen molar-refractivity contribution in [1.82, 2.24) is 4.90 Å². The molecular formula is C20H24N2O5. The number of nitrogens with one attached hydrogen (secondary N) is 1. The molecule has 0 saturated carbocycles. The molecule has 27 heavy (non-hydrogen) atoms. The summed E-state index contributed by atoms with van der Waals surface area (Å²) in [4.78, 5) is 25.7. The lowest BCUT2D eigenvalue weighted by molar-refractivity contribution is -0.145. The van der Waals surface area contributed by atoms with Crippen molar-refractivity contribution in [2.45, 2.75) is 19.0 Å². The molecule has 0 aliphatic rings. The number of carbonyl (C=O) groups is 2. The largest absolute Gasteiger partial charge is 0.497 e. The number of aliphatic hydroxyl groups is 1. The number of carboxylic acids is 1. The molecule has 2 rings (SSSR count). The van der Waals surface area contributed by atoms with Gasteiger partial charge in [0.15, 0.2) is 0 Å². The third-order valence-electron chi connectivity index (χ3n) is 4.09. The third kappa shape index (κ3) is 6.40. The predicted molar refractivity (Wildman–Crippen MR) is 102 cm³/mol. The van der Waals surface area contributed by atoms with Crippen LogP contribution in [0.1, 0.15) is 12.0 Å². The van der Waals surface area contributed by atoms with Crippen molar-refractivity contribution in [2.24, 2.45) is 0 Å². The zero-order valence-electron chi connectivity index (χ0n) is 15.2. The van der Waals surface area contributed by atoms with E-state index in [4.69, 9.17) is 4.74 Å². The molecular weight excluding hydrogens is 348 g/mol. The molecule has 0 aliphatic heterocycles. The van der Waals surface area contributed by atoms with Crippen LogP contribution in [0.3, 0.4) is 0 Å². The highest BCUT2D eigenvalue weighted by Crippen LogP contribution is 2.17. The van der Waals surface area contributed by atoms with Gasteiger partial charge in [-0.2, -0.15) is 0 Å². The van der Waals surface area contributed by atoms with Gasteiger partial charge in [0, 0.05) is 18.8 Å².